The van der Waals surface area contributed by atoms with Crippen molar-refractivity contribution in [2.24, 2.45) is 0 Å². The molecule has 7 heteroatoms. The minimum absolute atomic E-state index is 0.282. The van der Waals surface area contributed by atoms with Gasteiger partial charge in [-0.05, 0) is 31.1 Å². The normalized spacial score (nSPS) is 13.6. The van der Waals surface area contributed by atoms with Crippen molar-refractivity contribution in [3.8, 4) is 0 Å². The molecule has 2 rings (SSSR count). The van der Waals surface area contributed by atoms with E-state index in [0.29, 0.717) is 12.4 Å². The fourth-order valence-corrected chi connectivity index (χ4v) is 3.64. The van der Waals surface area contributed by atoms with E-state index in [-0.39, 0.29) is 5.97 Å². The number of nitrogens with one attached hydrogen (secondary N) is 1. The highest BCUT2D eigenvalue weighted by Crippen LogP contribution is 2.31. The molecule has 0 aliphatic heterocycles. The summed E-state index contributed by atoms with van der Waals surface area (Å²) in [6, 6.07) is 9.60. The van der Waals surface area contributed by atoms with Gasteiger partial charge in [0.25, 0.3) is 0 Å². The SMILES string of the molecule is CCOC(=O)C(CSc1ncns1)(NC)c1ccccc1. The van der Waals surface area contributed by atoms with Gasteiger partial charge in [0.1, 0.15) is 6.33 Å². The second-order valence-corrected chi connectivity index (χ2v) is 6.24. The summed E-state index contributed by atoms with van der Waals surface area (Å²) in [6.07, 6.45) is 1.51. The lowest BCUT2D eigenvalue weighted by atomic mass is 9.92. The van der Waals surface area contributed by atoms with Gasteiger partial charge in [0, 0.05) is 5.75 Å². The standard InChI is InChI=1S/C14H17N3O2S2/c1-3-19-12(18)14(15-2,11-7-5-4-6-8-11)9-20-13-16-10-17-21-13/h4-8,10,15H,3,9H2,1-2H3. The number of ether oxygens (including phenoxy) is 1. The molecular weight excluding hydrogens is 306 g/mol. The third-order valence-electron chi connectivity index (χ3n) is 3.07. The van der Waals surface area contributed by atoms with Crippen molar-refractivity contribution in [2.75, 3.05) is 19.4 Å². The smallest absolute Gasteiger partial charge is 0.331 e. The summed E-state index contributed by atoms with van der Waals surface area (Å²) < 4.78 is 10.1. The van der Waals surface area contributed by atoms with Gasteiger partial charge in [-0.15, -0.1) is 0 Å². The molecule has 0 spiro atoms. The van der Waals surface area contributed by atoms with Crippen molar-refractivity contribution in [1.29, 1.82) is 0 Å². The molecule has 112 valence electrons. The fraction of sp³-hybridized carbons (Fsp3) is 0.357. The minimum Gasteiger partial charge on any atom is -0.464 e. The van der Waals surface area contributed by atoms with E-state index in [1.807, 2.05) is 30.3 Å². The molecule has 1 N–H and O–H groups in total. The molecule has 0 aliphatic carbocycles. The van der Waals surface area contributed by atoms with Crippen LogP contribution >= 0.6 is 23.3 Å². The summed E-state index contributed by atoms with van der Waals surface area (Å²) in [5, 5.41) is 3.14. The number of aromatic nitrogens is 2. The van der Waals surface area contributed by atoms with Crippen LogP contribution in [0, 0.1) is 0 Å². The van der Waals surface area contributed by atoms with E-state index >= 15 is 0 Å². The van der Waals surface area contributed by atoms with Crippen molar-refractivity contribution in [3.63, 3.8) is 0 Å². The highest BCUT2D eigenvalue weighted by molar-refractivity contribution is 8.01. The first-order valence-corrected chi connectivity index (χ1v) is 8.30. The second-order valence-electron chi connectivity index (χ2n) is 4.24. The van der Waals surface area contributed by atoms with Gasteiger partial charge in [0.15, 0.2) is 9.88 Å². The quantitative estimate of drug-likeness (QED) is 0.623. The third-order valence-corrected chi connectivity index (χ3v) is 5.04. The second kappa shape index (κ2) is 7.53. The van der Waals surface area contributed by atoms with Gasteiger partial charge in [0.05, 0.1) is 6.61 Å². The fourth-order valence-electron chi connectivity index (χ4n) is 1.95. The van der Waals surface area contributed by atoms with E-state index in [4.69, 9.17) is 4.74 Å². The predicted molar refractivity (Wildman–Crippen MR) is 84.4 cm³/mol. The molecule has 1 aromatic carbocycles. The zero-order valence-corrected chi connectivity index (χ0v) is 13.5. The molecule has 21 heavy (non-hydrogen) atoms. The molecular formula is C14H17N3O2S2. The molecule has 0 amide bonds. The summed E-state index contributed by atoms with van der Waals surface area (Å²) in [5.74, 6) is 0.206. The van der Waals surface area contributed by atoms with Gasteiger partial charge >= 0.3 is 5.97 Å². The largest absolute Gasteiger partial charge is 0.464 e. The van der Waals surface area contributed by atoms with E-state index in [1.54, 1.807) is 14.0 Å². The number of carbonyl (C=O) groups excluding carboxylic acids is 1. The first-order valence-electron chi connectivity index (χ1n) is 6.54. The van der Waals surface area contributed by atoms with Crippen LogP contribution in [-0.4, -0.2) is 34.7 Å². The lowest BCUT2D eigenvalue weighted by molar-refractivity contribution is -0.150. The highest BCUT2D eigenvalue weighted by atomic mass is 32.2. The van der Waals surface area contributed by atoms with Gasteiger partial charge in [-0.2, -0.15) is 4.37 Å². The molecule has 1 heterocycles. The molecule has 0 radical (unpaired) electrons. The van der Waals surface area contributed by atoms with Crippen molar-refractivity contribution in [3.05, 3.63) is 42.2 Å². The first-order chi connectivity index (χ1) is 10.2. The Kier molecular flexibility index (Phi) is 5.72. The van der Waals surface area contributed by atoms with Gasteiger partial charge in [-0.1, -0.05) is 42.1 Å². The van der Waals surface area contributed by atoms with Crippen LogP contribution in [0.1, 0.15) is 12.5 Å². The average Bonchev–Trinajstić information content (AvgIpc) is 3.03. The Balaban J connectivity index is 2.29. The van der Waals surface area contributed by atoms with Crippen LogP contribution in [0.4, 0.5) is 0 Å². The Morgan fingerprint density at radius 1 is 1.43 bits per heavy atom. The number of carbonyl (C=O) groups is 1. The maximum Gasteiger partial charge on any atom is 0.331 e. The van der Waals surface area contributed by atoms with Crippen molar-refractivity contribution in [2.45, 2.75) is 16.8 Å². The van der Waals surface area contributed by atoms with E-state index in [2.05, 4.69) is 14.7 Å². The molecule has 0 saturated heterocycles. The summed E-state index contributed by atoms with van der Waals surface area (Å²) in [5.41, 5.74) is -0.0175. The van der Waals surface area contributed by atoms with Crippen LogP contribution in [-0.2, 0) is 15.1 Å². The average molecular weight is 323 g/mol. The van der Waals surface area contributed by atoms with Gasteiger partial charge < -0.3 is 10.1 Å². The van der Waals surface area contributed by atoms with Crippen LogP contribution in [0.5, 0.6) is 0 Å². The number of nitrogens with zero attached hydrogens (tertiary/aromatic N) is 2. The first kappa shape index (κ1) is 15.9. The highest BCUT2D eigenvalue weighted by Gasteiger charge is 2.40. The Morgan fingerprint density at radius 3 is 2.76 bits per heavy atom. The molecule has 1 aromatic heterocycles. The van der Waals surface area contributed by atoms with E-state index < -0.39 is 5.54 Å². The molecule has 0 fully saturated rings. The van der Waals surface area contributed by atoms with Gasteiger partial charge in [0.2, 0.25) is 0 Å². The number of benzene rings is 1. The van der Waals surface area contributed by atoms with Crippen LogP contribution < -0.4 is 5.32 Å². The molecule has 0 saturated carbocycles. The lowest BCUT2D eigenvalue weighted by Gasteiger charge is -2.31. The zero-order valence-electron chi connectivity index (χ0n) is 11.9. The molecule has 5 nitrogen and oxygen atoms in total. The maximum atomic E-state index is 12.5. The molecule has 1 atom stereocenters. The Morgan fingerprint density at radius 2 is 2.19 bits per heavy atom. The number of hydrogen-bond acceptors (Lipinski definition) is 7. The number of hydrogen-bond donors (Lipinski definition) is 1. The van der Waals surface area contributed by atoms with Crippen molar-refractivity contribution in [1.82, 2.24) is 14.7 Å². The van der Waals surface area contributed by atoms with E-state index in [0.717, 1.165) is 9.90 Å². The number of rotatable bonds is 7. The molecule has 0 bridgehead atoms. The summed E-state index contributed by atoms with van der Waals surface area (Å²) in [7, 11) is 1.77. The van der Waals surface area contributed by atoms with Crippen LogP contribution in [0.3, 0.4) is 0 Å². The Labute approximate surface area is 132 Å². The molecule has 2 aromatic rings. The Bertz CT molecular complexity index is 563. The number of thioether (sulfide) groups is 1. The molecule has 0 aliphatic rings. The van der Waals surface area contributed by atoms with E-state index in [9.17, 15) is 4.79 Å². The monoisotopic (exact) mass is 323 g/mol. The topological polar surface area (TPSA) is 64.1 Å². The number of esters is 1. The van der Waals surface area contributed by atoms with Crippen molar-refractivity contribution < 1.29 is 9.53 Å². The maximum absolute atomic E-state index is 12.5. The summed E-state index contributed by atoms with van der Waals surface area (Å²) in [4.78, 5) is 16.7. The van der Waals surface area contributed by atoms with E-state index in [1.165, 1.54) is 29.6 Å². The summed E-state index contributed by atoms with van der Waals surface area (Å²) in [6.45, 7) is 2.15. The van der Waals surface area contributed by atoms with Crippen LogP contribution in [0.15, 0.2) is 41.0 Å². The Hall–Kier alpha value is -1.44. The van der Waals surface area contributed by atoms with Crippen LogP contribution in [0.25, 0.3) is 0 Å². The van der Waals surface area contributed by atoms with Gasteiger partial charge in [-0.3, -0.25) is 0 Å². The third kappa shape index (κ3) is 3.61. The minimum atomic E-state index is -0.895. The van der Waals surface area contributed by atoms with Crippen molar-refractivity contribution >= 4 is 29.3 Å². The van der Waals surface area contributed by atoms with Gasteiger partial charge in [-0.25, -0.2) is 9.78 Å². The lowest BCUT2D eigenvalue weighted by Crippen LogP contribution is -2.50. The summed E-state index contributed by atoms with van der Waals surface area (Å²) >= 11 is 2.81. The molecule has 1 unspecified atom stereocenters. The number of likely N-dealkylation sites (N-methyl/N-ethyl adjacent to an activating group) is 1. The predicted octanol–water partition coefficient (Wildman–Crippen LogP) is 2.31. The van der Waals surface area contributed by atoms with Crippen LogP contribution in [0.2, 0.25) is 0 Å². The zero-order chi connectivity index (χ0) is 15.1.